The Morgan fingerprint density at radius 3 is 2.84 bits per heavy atom. The number of aryl methyl sites for hydroxylation is 1. The summed E-state index contributed by atoms with van der Waals surface area (Å²) in [5, 5.41) is 0. The molecular weight excluding hydrogens is 240 g/mol. The van der Waals surface area contributed by atoms with Gasteiger partial charge in [0.2, 0.25) is 0 Å². The van der Waals surface area contributed by atoms with Crippen LogP contribution in [-0.4, -0.2) is 15.8 Å². The normalized spacial score (nSPS) is 10.6. The van der Waals surface area contributed by atoms with Gasteiger partial charge in [-0.25, -0.2) is 4.98 Å². The van der Waals surface area contributed by atoms with E-state index in [1.807, 2.05) is 42.0 Å². The number of rotatable bonds is 3. The smallest absolute Gasteiger partial charge is 0.185 e. The zero-order chi connectivity index (χ0) is 13.2. The van der Waals surface area contributed by atoms with Crippen molar-refractivity contribution in [2.75, 3.05) is 0 Å². The van der Waals surface area contributed by atoms with Crippen LogP contribution in [0.5, 0.6) is 0 Å². The minimum Gasteiger partial charge on any atom is -0.453 e. The molecule has 0 atom stereocenters. The number of nitrogens with zero attached hydrogens (tertiary/aromatic N) is 2. The first-order valence-corrected chi connectivity index (χ1v) is 5.94. The number of imidazole rings is 1. The van der Waals surface area contributed by atoms with Crippen molar-refractivity contribution >= 4 is 6.29 Å². The largest absolute Gasteiger partial charge is 0.453 e. The fraction of sp³-hybridized carbons (Fsp3) is 0.0667. The highest BCUT2D eigenvalue weighted by atomic mass is 16.3. The maximum atomic E-state index is 10.6. The molecule has 0 saturated heterocycles. The van der Waals surface area contributed by atoms with Crippen molar-refractivity contribution < 1.29 is 9.21 Å². The molecule has 2 heterocycles. The highest BCUT2D eigenvalue weighted by Crippen LogP contribution is 2.24. The molecule has 1 aromatic carbocycles. The van der Waals surface area contributed by atoms with E-state index in [1.54, 1.807) is 18.3 Å². The van der Waals surface area contributed by atoms with Gasteiger partial charge in [-0.15, -0.1) is 0 Å². The Balaban J connectivity index is 2.05. The first-order valence-electron chi connectivity index (χ1n) is 5.94. The maximum Gasteiger partial charge on any atom is 0.185 e. The number of furan rings is 1. The van der Waals surface area contributed by atoms with E-state index in [0.717, 1.165) is 17.1 Å². The fourth-order valence-electron chi connectivity index (χ4n) is 2.03. The second-order valence-corrected chi connectivity index (χ2v) is 4.21. The van der Waals surface area contributed by atoms with Gasteiger partial charge in [-0.1, -0.05) is 12.1 Å². The van der Waals surface area contributed by atoms with E-state index in [2.05, 4.69) is 4.98 Å². The third-order valence-electron chi connectivity index (χ3n) is 2.98. The van der Waals surface area contributed by atoms with Crippen molar-refractivity contribution in [1.29, 1.82) is 0 Å². The average Bonchev–Trinajstić information content (AvgIpc) is 3.07. The molecule has 3 rings (SSSR count). The molecule has 0 N–H and O–H groups in total. The molecule has 4 heteroatoms. The summed E-state index contributed by atoms with van der Waals surface area (Å²) in [5.74, 6) is 1.94. The number of hydrogen-bond donors (Lipinski definition) is 0. The lowest BCUT2D eigenvalue weighted by atomic mass is 10.1. The van der Waals surface area contributed by atoms with Crippen LogP contribution in [0.25, 0.3) is 17.0 Å². The summed E-state index contributed by atoms with van der Waals surface area (Å²) in [5.41, 5.74) is 1.94. The van der Waals surface area contributed by atoms with Crippen LogP contribution >= 0.6 is 0 Å². The van der Waals surface area contributed by atoms with Crippen molar-refractivity contribution in [3.63, 3.8) is 0 Å². The van der Waals surface area contributed by atoms with Crippen LogP contribution in [0.1, 0.15) is 16.4 Å². The summed E-state index contributed by atoms with van der Waals surface area (Å²) in [6.07, 6.45) is 4.38. The number of aromatic nitrogens is 2. The van der Waals surface area contributed by atoms with E-state index >= 15 is 0 Å². The highest BCUT2D eigenvalue weighted by molar-refractivity contribution is 5.73. The molecule has 0 saturated carbocycles. The molecule has 19 heavy (non-hydrogen) atoms. The quantitative estimate of drug-likeness (QED) is 0.672. The topological polar surface area (TPSA) is 48.0 Å². The van der Waals surface area contributed by atoms with Crippen molar-refractivity contribution in [3.8, 4) is 17.0 Å². The van der Waals surface area contributed by atoms with E-state index in [4.69, 9.17) is 4.42 Å². The lowest BCUT2D eigenvalue weighted by Crippen LogP contribution is -1.95. The Bertz CT molecular complexity index is 725. The molecule has 0 aliphatic rings. The van der Waals surface area contributed by atoms with Gasteiger partial charge in [0.1, 0.15) is 11.6 Å². The van der Waals surface area contributed by atoms with E-state index in [9.17, 15) is 4.79 Å². The Kier molecular flexibility index (Phi) is 2.76. The third-order valence-corrected chi connectivity index (χ3v) is 2.98. The van der Waals surface area contributed by atoms with Crippen LogP contribution in [0.3, 0.4) is 0 Å². The van der Waals surface area contributed by atoms with Crippen LogP contribution in [0, 0.1) is 6.92 Å². The molecule has 3 aromatic rings. The van der Waals surface area contributed by atoms with Crippen LogP contribution in [0.2, 0.25) is 0 Å². The number of benzene rings is 1. The van der Waals surface area contributed by atoms with Crippen molar-refractivity contribution in [2.24, 2.45) is 0 Å². The van der Waals surface area contributed by atoms with Gasteiger partial charge in [-0.3, -0.25) is 4.79 Å². The molecule has 4 nitrogen and oxygen atoms in total. The van der Waals surface area contributed by atoms with E-state index in [0.29, 0.717) is 17.8 Å². The molecule has 0 bridgehead atoms. The van der Waals surface area contributed by atoms with E-state index in [-0.39, 0.29) is 0 Å². The number of carbonyl (C=O) groups is 1. The lowest BCUT2D eigenvalue weighted by Gasteiger charge is -2.06. The van der Waals surface area contributed by atoms with Gasteiger partial charge in [0.15, 0.2) is 12.0 Å². The van der Waals surface area contributed by atoms with Crippen LogP contribution in [-0.2, 0) is 0 Å². The monoisotopic (exact) mass is 252 g/mol. The van der Waals surface area contributed by atoms with Gasteiger partial charge in [0, 0.05) is 23.6 Å². The van der Waals surface area contributed by atoms with Crippen molar-refractivity contribution in [2.45, 2.75) is 6.92 Å². The molecule has 0 aliphatic heterocycles. The number of hydrogen-bond acceptors (Lipinski definition) is 3. The summed E-state index contributed by atoms with van der Waals surface area (Å²) < 4.78 is 7.42. The summed E-state index contributed by atoms with van der Waals surface area (Å²) in [7, 11) is 0. The minimum absolute atomic E-state index is 0.333. The van der Waals surface area contributed by atoms with E-state index < -0.39 is 0 Å². The van der Waals surface area contributed by atoms with Gasteiger partial charge in [0.05, 0.1) is 0 Å². The number of carbonyl (C=O) groups excluding carboxylic acids is 1. The molecule has 2 aromatic heterocycles. The predicted molar refractivity (Wildman–Crippen MR) is 71.4 cm³/mol. The van der Waals surface area contributed by atoms with Crippen LogP contribution in [0.15, 0.2) is 53.2 Å². The first kappa shape index (κ1) is 11.5. The van der Waals surface area contributed by atoms with Crippen molar-refractivity contribution in [3.05, 3.63) is 60.4 Å². The average molecular weight is 252 g/mol. The second-order valence-electron chi connectivity index (χ2n) is 4.21. The summed E-state index contributed by atoms with van der Waals surface area (Å²) >= 11 is 0. The molecule has 0 spiro atoms. The molecule has 0 amide bonds. The van der Waals surface area contributed by atoms with Gasteiger partial charge in [-0.05, 0) is 31.2 Å². The zero-order valence-corrected chi connectivity index (χ0v) is 10.4. The highest BCUT2D eigenvalue weighted by Gasteiger charge is 2.06. The Hall–Kier alpha value is -2.62. The molecule has 0 fully saturated rings. The standard InChI is InChI=1S/C15H12N2O2/c1-11-16-7-8-17(11)13-4-2-3-12(9-13)15-6-5-14(10-18)19-15/h2-10H,1H3. The Labute approximate surface area is 110 Å². The van der Waals surface area contributed by atoms with Crippen LogP contribution < -0.4 is 0 Å². The molecular formula is C15H12N2O2. The maximum absolute atomic E-state index is 10.6. The summed E-state index contributed by atoms with van der Waals surface area (Å²) in [4.78, 5) is 14.8. The molecule has 0 unspecified atom stereocenters. The first-order chi connectivity index (χ1) is 9.28. The van der Waals surface area contributed by atoms with Crippen molar-refractivity contribution in [1.82, 2.24) is 9.55 Å². The molecule has 0 aliphatic carbocycles. The predicted octanol–water partition coefficient (Wildman–Crippen LogP) is 3.25. The fourth-order valence-corrected chi connectivity index (χ4v) is 2.03. The lowest BCUT2D eigenvalue weighted by molar-refractivity contribution is 0.110. The van der Waals surface area contributed by atoms with E-state index in [1.165, 1.54) is 0 Å². The van der Waals surface area contributed by atoms with Crippen LogP contribution in [0.4, 0.5) is 0 Å². The Morgan fingerprint density at radius 1 is 1.26 bits per heavy atom. The van der Waals surface area contributed by atoms with Gasteiger partial charge in [-0.2, -0.15) is 0 Å². The molecule has 94 valence electrons. The Morgan fingerprint density at radius 2 is 2.16 bits per heavy atom. The van der Waals surface area contributed by atoms with Gasteiger partial charge < -0.3 is 8.98 Å². The summed E-state index contributed by atoms with van der Waals surface area (Å²) in [6, 6.07) is 11.4. The number of aldehydes is 1. The minimum atomic E-state index is 0.333. The van der Waals surface area contributed by atoms with Gasteiger partial charge >= 0.3 is 0 Å². The van der Waals surface area contributed by atoms with Gasteiger partial charge in [0.25, 0.3) is 0 Å². The molecule has 0 radical (unpaired) electrons. The summed E-state index contributed by atoms with van der Waals surface area (Å²) in [6.45, 7) is 1.95. The third kappa shape index (κ3) is 2.08. The SMILES string of the molecule is Cc1nccn1-c1cccc(-c2ccc(C=O)o2)c1. The second kappa shape index (κ2) is 4.57. The zero-order valence-electron chi connectivity index (χ0n) is 10.4.